The summed E-state index contributed by atoms with van der Waals surface area (Å²) in [6, 6.07) is 7.79. The van der Waals surface area contributed by atoms with Gasteiger partial charge in [0.2, 0.25) is 0 Å². The average Bonchev–Trinajstić information content (AvgIpc) is 2.99. The van der Waals surface area contributed by atoms with Crippen LogP contribution in [0.15, 0.2) is 24.3 Å². The Kier molecular flexibility index (Phi) is 4.33. The van der Waals surface area contributed by atoms with Crippen LogP contribution in [0.25, 0.3) is 11.4 Å². The minimum absolute atomic E-state index is 0.0301. The molecule has 0 radical (unpaired) electrons. The normalized spacial score (nSPS) is 26.5. The lowest BCUT2D eigenvalue weighted by atomic mass is 9.65. The van der Waals surface area contributed by atoms with Crippen molar-refractivity contribution >= 4 is 0 Å². The molecule has 26 heavy (non-hydrogen) atoms. The zero-order valence-corrected chi connectivity index (χ0v) is 15.1. The molecule has 3 rings (SSSR count). The van der Waals surface area contributed by atoms with Gasteiger partial charge >= 0.3 is 6.18 Å². The third-order valence-corrected chi connectivity index (χ3v) is 5.62. The van der Waals surface area contributed by atoms with Crippen LogP contribution >= 0.6 is 0 Å². The molecule has 7 heteroatoms. The third-order valence-electron chi connectivity index (χ3n) is 5.62. The Hall–Kier alpha value is -2.36. The lowest BCUT2D eigenvalue weighted by Crippen LogP contribution is -2.35. The van der Waals surface area contributed by atoms with Crippen LogP contribution in [0.4, 0.5) is 13.2 Å². The molecule has 0 atom stereocenters. The summed E-state index contributed by atoms with van der Waals surface area (Å²) in [5.74, 6) is 0.882. The highest BCUT2D eigenvalue weighted by molar-refractivity contribution is 5.61. The van der Waals surface area contributed by atoms with Gasteiger partial charge in [0.15, 0.2) is 5.82 Å². The van der Waals surface area contributed by atoms with Crippen LogP contribution in [0, 0.1) is 16.7 Å². The zero-order chi connectivity index (χ0) is 19.2. The maximum Gasteiger partial charge on any atom is 0.417 e. The Bertz CT molecular complexity index is 852. The van der Waals surface area contributed by atoms with Crippen molar-refractivity contribution in [2.75, 3.05) is 0 Å². The molecule has 4 nitrogen and oxygen atoms in total. The van der Waals surface area contributed by atoms with E-state index in [1.807, 2.05) is 13.8 Å². The molecule has 1 aromatic heterocycles. The molecule has 1 saturated carbocycles. The summed E-state index contributed by atoms with van der Waals surface area (Å²) in [6.45, 7) is 4.00. The number of halogens is 3. The summed E-state index contributed by atoms with van der Waals surface area (Å²) in [5, 5.41) is 17.6. The molecule has 0 spiro atoms. The SMILES string of the molecule is Cn1c(-c2ccccc2C(F)(F)F)nnc1C1(C)CCC(C)(C#N)CC1. The second-order valence-electron chi connectivity index (χ2n) is 7.68. The van der Waals surface area contributed by atoms with Gasteiger partial charge in [-0.1, -0.05) is 25.1 Å². The van der Waals surface area contributed by atoms with E-state index < -0.39 is 11.7 Å². The van der Waals surface area contributed by atoms with Crippen LogP contribution in [0.1, 0.15) is 50.9 Å². The Labute approximate surface area is 150 Å². The van der Waals surface area contributed by atoms with Crippen molar-refractivity contribution in [3.63, 3.8) is 0 Å². The molecule has 0 saturated heterocycles. The largest absolute Gasteiger partial charge is 0.417 e. The first-order valence-corrected chi connectivity index (χ1v) is 8.57. The third kappa shape index (κ3) is 3.09. The minimum atomic E-state index is -4.45. The van der Waals surface area contributed by atoms with Gasteiger partial charge in [-0.25, -0.2) is 0 Å². The molecular formula is C19H21F3N4. The van der Waals surface area contributed by atoms with E-state index in [9.17, 15) is 18.4 Å². The highest BCUT2D eigenvalue weighted by Gasteiger charge is 2.42. The van der Waals surface area contributed by atoms with Gasteiger partial charge in [-0.3, -0.25) is 0 Å². The molecule has 1 aliphatic rings. The lowest BCUT2D eigenvalue weighted by Gasteiger charge is -2.38. The molecule has 0 bridgehead atoms. The van der Waals surface area contributed by atoms with Crippen LogP contribution in [-0.2, 0) is 18.6 Å². The topological polar surface area (TPSA) is 54.5 Å². The van der Waals surface area contributed by atoms with Crippen LogP contribution < -0.4 is 0 Å². The molecule has 0 amide bonds. The fourth-order valence-electron chi connectivity index (χ4n) is 3.70. The average molecular weight is 362 g/mol. The van der Waals surface area contributed by atoms with E-state index >= 15 is 0 Å². The summed E-state index contributed by atoms with van der Waals surface area (Å²) in [4.78, 5) is 0. The van der Waals surface area contributed by atoms with Gasteiger partial charge < -0.3 is 4.57 Å². The summed E-state index contributed by atoms with van der Waals surface area (Å²) < 4.78 is 41.7. The number of rotatable bonds is 2. The van der Waals surface area contributed by atoms with E-state index in [1.54, 1.807) is 17.7 Å². The number of alkyl halides is 3. The first kappa shape index (κ1) is 18.4. The predicted molar refractivity (Wildman–Crippen MR) is 91.0 cm³/mol. The van der Waals surface area contributed by atoms with Gasteiger partial charge in [0, 0.05) is 18.0 Å². The highest BCUT2D eigenvalue weighted by atomic mass is 19.4. The number of hydrogen-bond donors (Lipinski definition) is 0. The monoisotopic (exact) mass is 362 g/mol. The Morgan fingerprint density at radius 3 is 2.27 bits per heavy atom. The maximum absolute atomic E-state index is 13.3. The van der Waals surface area contributed by atoms with Gasteiger partial charge in [0.05, 0.1) is 17.0 Å². The summed E-state index contributed by atoms with van der Waals surface area (Å²) in [7, 11) is 1.71. The van der Waals surface area contributed by atoms with E-state index in [0.717, 1.165) is 31.7 Å². The highest BCUT2D eigenvalue weighted by Crippen LogP contribution is 2.46. The van der Waals surface area contributed by atoms with E-state index in [2.05, 4.69) is 16.3 Å². The summed E-state index contributed by atoms with van der Waals surface area (Å²) >= 11 is 0. The first-order valence-electron chi connectivity index (χ1n) is 8.57. The van der Waals surface area contributed by atoms with Crippen molar-refractivity contribution in [2.24, 2.45) is 12.5 Å². The number of hydrogen-bond acceptors (Lipinski definition) is 3. The van der Waals surface area contributed by atoms with Crippen molar-refractivity contribution in [1.82, 2.24) is 14.8 Å². The van der Waals surface area contributed by atoms with E-state index in [-0.39, 0.29) is 22.2 Å². The van der Waals surface area contributed by atoms with E-state index in [0.29, 0.717) is 5.82 Å². The van der Waals surface area contributed by atoms with Crippen LogP contribution in [-0.4, -0.2) is 14.8 Å². The molecule has 2 aromatic rings. The van der Waals surface area contributed by atoms with Crippen molar-refractivity contribution in [3.05, 3.63) is 35.7 Å². The number of nitriles is 1. The van der Waals surface area contributed by atoms with E-state index in [1.165, 1.54) is 12.1 Å². The quantitative estimate of drug-likeness (QED) is 0.766. The van der Waals surface area contributed by atoms with Gasteiger partial charge in [-0.2, -0.15) is 18.4 Å². The zero-order valence-electron chi connectivity index (χ0n) is 15.1. The van der Waals surface area contributed by atoms with Crippen LogP contribution in [0.2, 0.25) is 0 Å². The fraction of sp³-hybridized carbons (Fsp3) is 0.526. The second kappa shape index (κ2) is 6.11. The maximum atomic E-state index is 13.3. The number of benzene rings is 1. The van der Waals surface area contributed by atoms with Gasteiger partial charge in [-0.15, -0.1) is 10.2 Å². The molecule has 1 aliphatic carbocycles. The Morgan fingerprint density at radius 1 is 1.08 bits per heavy atom. The molecule has 1 fully saturated rings. The van der Waals surface area contributed by atoms with Crippen LogP contribution in [0.3, 0.4) is 0 Å². The fourth-order valence-corrected chi connectivity index (χ4v) is 3.70. The number of aromatic nitrogens is 3. The minimum Gasteiger partial charge on any atom is -0.314 e. The molecule has 0 unspecified atom stereocenters. The predicted octanol–water partition coefficient (Wildman–Crippen LogP) is 4.86. The smallest absolute Gasteiger partial charge is 0.314 e. The second-order valence-corrected chi connectivity index (χ2v) is 7.68. The Morgan fingerprint density at radius 2 is 1.69 bits per heavy atom. The molecule has 1 aromatic carbocycles. The standard InChI is InChI=1S/C19H21F3N4/c1-17(12-23)8-10-18(2,11-9-17)16-25-24-15(26(16)3)13-6-4-5-7-14(13)19(20,21)22/h4-7H,8-11H2,1-3H3. The molecule has 0 aliphatic heterocycles. The molecule has 1 heterocycles. The van der Waals surface area contributed by atoms with E-state index in [4.69, 9.17) is 0 Å². The first-order chi connectivity index (χ1) is 12.1. The molecule has 0 N–H and O–H groups in total. The molecule has 138 valence electrons. The van der Waals surface area contributed by atoms with Crippen molar-refractivity contribution in [1.29, 1.82) is 5.26 Å². The van der Waals surface area contributed by atoms with Gasteiger partial charge in [0.1, 0.15) is 5.82 Å². The summed E-state index contributed by atoms with van der Waals surface area (Å²) in [5.41, 5.74) is -1.33. The van der Waals surface area contributed by atoms with Crippen molar-refractivity contribution < 1.29 is 13.2 Å². The van der Waals surface area contributed by atoms with Crippen LogP contribution in [0.5, 0.6) is 0 Å². The van der Waals surface area contributed by atoms with Gasteiger partial charge in [-0.05, 0) is 38.7 Å². The van der Waals surface area contributed by atoms with Crippen molar-refractivity contribution in [2.45, 2.75) is 51.1 Å². The molecular weight excluding hydrogens is 341 g/mol. The van der Waals surface area contributed by atoms with Crippen molar-refractivity contribution in [3.8, 4) is 17.5 Å². The summed E-state index contributed by atoms with van der Waals surface area (Å²) in [6.07, 6.45) is -1.47. The Balaban J connectivity index is 2.00. The lowest BCUT2D eigenvalue weighted by molar-refractivity contribution is -0.137. The van der Waals surface area contributed by atoms with Gasteiger partial charge in [0.25, 0.3) is 0 Å². The number of nitrogens with zero attached hydrogens (tertiary/aromatic N) is 4.